The first kappa shape index (κ1) is 13.0. The van der Waals surface area contributed by atoms with E-state index in [1.54, 1.807) is 0 Å². The summed E-state index contributed by atoms with van der Waals surface area (Å²) in [5.41, 5.74) is 2.00. The van der Waals surface area contributed by atoms with Crippen molar-refractivity contribution in [1.82, 2.24) is 10.2 Å². The number of aryl methyl sites for hydroxylation is 1. The summed E-state index contributed by atoms with van der Waals surface area (Å²) in [6, 6.07) is 6.88. The van der Waals surface area contributed by atoms with Gasteiger partial charge in [0.2, 0.25) is 5.91 Å². The summed E-state index contributed by atoms with van der Waals surface area (Å²) in [7, 11) is 0. The van der Waals surface area contributed by atoms with Crippen molar-refractivity contribution >= 4 is 23.9 Å². The number of nitrogens with zero attached hydrogens (tertiary/aromatic N) is 1. The summed E-state index contributed by atoms with van der Waals surface area (Å²) in [5.74, 6) is -1.04. The highest BCUT2D eigenvalue weighted by Gasteiger charge is 2.35. The molecule has 98 valence electrons. The average Bonchev–Trinajstić information content (AvgIpc) is 2.65. The van der Waals surface area contributed by atoms with Gasteiger partial charge in [-0.2, -0.15) is 0 Å². The van der Waals surface area contributed by atoms with Crippen molar-refractivity contribution in [2.24, 2.45) is 0 Å². The Hall–Kier alpha value is -2.43. The zero-order valence-electron chi connectivity index (χ0n) is 10.8. The van der Waals surface area contributed by atoms with E-state index < -0.39 is 17.8 Å². The highest BCUT2D eigenvalue weighted by atomic mass is 16.2. The number of carbonyl (C=O) groups excluding carboxylic acids is 3. The van der Waals surface area contributed by atoms with Crippen LogP contribution < -0.4 is 5.32 Å². The molecule has 0 saturated carbocycles. The van der Waals surface area contributed by atoms with Gasteiger partial charge in [-0.25, -0.2) is 9.69 Å². The molecule has 0 atom stereocenters. The van der Waals surface area contributed by atoms with Crippen LogP contribution in [0.15, 0.2) is 30.0 Å². The Morgan fingerprint density at radius 2 is 1.89 bits per heavy atom. The van der Waals surface area contributed by atoms with Crippen LogP contribution in [0, 0.1) is 0 Å². The smallest absolute Gasteiger partial charge is 0.274 e. The molecule has 0 radical (unpaired) electrons. The number of hydrogen-bond donors (Lipinski definition) is 1. The molecular weight excluding hydrogens is 244 g/mol. The van der Waals surface area contributed by atoms with E-state index in [0.717, 1.165) is 16.9 Å². The van der Waals surface area contributed by atoms with E-state index in [4.69, 9.17) is 0 Å². The lowest BCUT2D eigenvalue weighted by Gasteiger charge is -2.09. The van der Waals surface area contributed by atoms with Crippen LogP contribution in [0.25, 0.3) is 6.08 Å². The number of carbonyl (C=O) groups is 3. The summed E-state index contributed by atoms with van der Waals surface area (Å²) in [6.45, 7) is 3.29. The molecule has 1 fully saturated rings. The van der Waals surface area contributed by atoms with Gasteiger partial charge in [-0.1, -0.05) is 31.2 Å². The van der Waals surface area contributed by atoms with Crippen LogP contribution in [0.5, 0.6) is 0 Å². The second-order valence-corrected chi connectivity index (χ2v) is 4.24. The standard InChI is InChI=1S/C14H14N2O3/c1-3-10-4-6-11(7-5-10)8-12-13(18)15-14(19)16(12)9(2)17/h4-8H,3H2,1-2H3,(H,15,18,19)/b12-8+. The summed E-state index contributed by atoms with van der Waals surface area (Å²) in [4.78, 5) is 35.3. The topological polar surface area (TPSA) is 66.5 Å². The first-order chi connectivity index (χ1) is 9.02. The molecule has 1 heterocycles. The van der Waals surface area contributed by atoms with Gasteiger partial charge in [-0.3, -0.25) is 14.9 Å². The molecule has 0 aliphatic carbocycles. The maximum atomic E-state index is 11.6. The molecule has 0 bridgehead atoms. The van der Waals surface area contributed by atoms with Crippen LogP contribution in [0.1, 0.15) is 25.0 Å². The normalized spacial score (nSPS) is 16.9. The van der Waals surface area contributed by atoms with Gasteiger partial charge >= 0.3 is 6.03 Å². The number of imide groups is 2. The van der Waals surface area contributed by atoms with Gasteiger partial charge in [-0.05, 0) is 23.6 Å². The molecule has 2 rings (SSSR count). The number of hydrogen-bond acceptors (Lipinski definition) is 3. The molecule has 4 amide bonds. The van der Waals surface area contributed by atoms with Gasteiger partial charge in [0.05, 0.1) is 0 Å². The minimum absolute atomic E-state index is 0.0572. The molecule has 1 aromatic rings. The number of rotatable bonds is 2. The van der Waals surface area contributed by atoms with E-state index in [0.29, 0.717) is 0 Å². The summed E-state index contributed by atoms with van der Waals surface area (Å²) in [6.07, 6.45) is 2.45. The lowest BCUT2D eigenvalue weighted by molar-refractivity contribution is -0.125. The molecule has 1 aromatic carbocycles. The maximum absolute atomic E-state index is 11.6. The fourth-order valence-corrected chi connectivity index (χ4v) is 1.88. The molecule has 1 N–H and O–H groups in total. The monoisotopic (exact) mass is 258 g/mol. The van der Waals surface area contributed by atoms with Crippen molar-refractivity contribution in [3.8, 4) is 0 Å². The number of benzene rings is 1. The quantitative estimate of drug-likeness (QED) is 0.648. The molecule has 5 nitrogen and oxygen atoms in total. The van der Waals surface area contributed by atoms with Crippen LogP contribution in [0.3, 0.4) is 0 Å². The van der Waals surface area contributed by atoms with Gasteiger partial charge < -0.3 is 0 Å². The molecule has 1 aliphatic rings. The highest BCUT2D eigenvalue weighted by Crippen LogP contribution is 2.17. The number of amides is 4. The second kappa shape index (κ2) is 5.06. The van der Waals surface area contributed by atoms with Crippen LogP contribution >= 0.6 is 0 Å². The Kier molecular flexibility index (Phi) is 3.46. The summed E-state index contributed by atoms with van der Waals surface area (Å²) in [5, 5.41) is 2.10. The molecule has 5 heteroatoms. The van der Waals surface area contributed by atoms with Crippen molar-refractivity contribution in [3.05, 3.63) is 41.1 Å². The van der Waals surface area contributed by atoms with Gasteiger partial charge in [-0.15, -0.1) is 0 Å². The molecule has 0 spiro atoms. The van der Waals surface area contributed by atoms with Gasteiger partial charge in [0.15, 0.2) is 0 Å². The summed E-state index contributed by atoms with van der Waals surface area (Å²) >= 11 is 0. The Bertz CT molecular complexity index is 573. The minimum atomic E-state index is -0.700. The molecular formula is C14H14N2O3. The average molecular weight is 258 g/mol. The zero-order valence-corrected chi connectivity index (χ0v) is 10.8. The number of urea groups is 1. The van der Waals surface area contributed by atoms with Crippen molar-refractivity contribution < 1.29 is 14.4 Å². The molecule has 0 aromatic heterocycles. The largest absolute Gasteiger partial charge is 0.335 e. The third-order valence-electron chi connectivity index (χ3n) is 2.90. The SMILES string of the molecule is CCc1ccc(/C=C2\C(=O)NC(=O)N2C(C)=O)cc1. The zero-order chi connectivity index (χ0) is 14.0. The fourth-order valence-electron chi connectivity index (χ4n) is 1.88. The predicted octanol–water partition coefficient (Wildman–Crippen LogP) is 1.69. The van der Waals surface area contributed by atoms with Crippen LogP contribution in [-0.2, 0) is 16.0 Å². The Balaban J connectivity index is 2.36. The van der Waals surface area contributed by atoms with Crippen LogP contribution in [0.2, 0.25) is 0 Å². The first-order valence-electron chi connectivity index (χ1n) is 5.99. The van der Waals surface area contributed by atoms with E-state index in [2.05, 4.69) is 5.32 Å². The highest BCUT2D eigenvalue weighted by molar-refractivity contribution is 6.19. The third-order valence-corrected chi connectivity index (χ3v) is 2.90. The predicted molar refractivity (Wildman–Crippen MR) is 69.9 cm³/mol. The van der Waals surface area contributed by atoms with E-state index in [1.165, 1.54) is 18.6 Å². The Morgan fingerprint density at radius 3 is 2.42 bits per heavy atom. The molecule has 1 aliphatic heterocycles. The van der Waals surface area contributed by atoms with Gasteiger partial charge in [0.1, 0.15) is 5.70 Å². The van der Waals surface area contributed by atoms with Crippen LogP contribution in [-0.4, -0.2) is 22.7 Å². The lowest BCUT2D eigenvalue weighted by Crippen LogP contribution is -2.31. The van der Waals surface area contributed by atoms with Crippen molar-refractivity contribution in [2.45, 2.75) is 20.3 Å². The van der Waals surface area contributed by atoms with Crippen molar-refractivity contribution in [3.63, 3.8) is 0 Å². The van der Waals surface area contributed by atoms with E-state index >= 15 is 0 Å². The molecule has 0 unspecified atom stereocenters. The van der Waals surface area contributed by atoms with E-state index in [9.17, 15) is 14.4 Å². The van der Waals surface area contributed by atoms with E-state index in [-0.39, 0.29) is 5.70 Å². The second-order valence-electron chi connectivity index (χ2n) is 4.24. The first-order valence-corrected chi connectivity index (χ1v) is 5.99. The van der Waals surface area contributed by atoms with Gasteiger partial charge in [0.25, 0.3) is 5.91 Å². The Morgan fingerprint density at radius 1 is 1.26 bits per heavy atom. The number of nitrogens with one attached hydrogen (secondary N) is 1. The van der Waals surface area contributed by atoms with Crippen LogP contribution in [0.4, 0.5) is 4.79 Å². The third kappa shape index (κ3) is 2.54. The maximum Gasteiger partial charge on any atom is 0.335 e. The van der Waals surface area contributed by atoms with E-state index in [1.807, 2.05) is 31.2 Å². The van der Waals surface area contributed by atoms with Gasteiger partial charge in [0, 0.05) is 6.92 Å². The minimum Gasteiger partial charge on any atom is -0.274 e. The van der Waals surface area contributed by atoms with Crippen molar-refractivity contribution in [2.75, 3.05) is 0 Å². The molecule has 1 saturated heterocycles. The Labute approximate surface area is 110 Å². The lowest BCUT2D eigenvalue weighted by atomic mass is 10.1. The van der Waals surface area contributed by atoms with Crippen molar-refractivity contribution in [1.29, 1.82) is 0 Å². The fraction of sp³-hybridized carbons (Fsp3) is 0.214. The summed E-state index contributed by atoms with van der Waals surface area (Å²) < 4.78 is 0. The molecule has 19 heavy (non-hydrogen) atoms.